The van der Waals surface area contributed by atoms with E-state index >= 15 is 0 Å². The van der Waals surface area contributed by atoms with Crippen LogP contribution in [0.25, 0.3) is 0 Å². The lowest BCUT2D eigenvalue weighted by Crippen LogP contribution is -2.39. The highest BCUT2D eigenvalue weighted by molar-refractivity contribution is 9.10. The molecule has 0 fully saturated rings. The van der Waals surface area contributed by atoms with Gasteiger partial charge in [-0.25, -0.2) is 0 Å². The average Bonchev–Trinajstić information content (AvgIpc) is 2.38. The third kappa shape index (κ3) is 4.82. The van der Waals surface area contributed by atoms with Crippen molar-refractivity contribution in [3.8, 4) is 0 Å². The van der Waals surface area contributed by atoms with Crippen molar-refractivity contribution in [1.82, 2.24) is 10.2 Å². The molecule has 0 aromatic heterocycles. The van der Waals surface area contributed by atoms with Crippen LogP contribution in [-0.4, -0.2) is 50.6 Å². The molecule has 0 saturated carbocycles. The highest BCUT2D eigenvalue weighted by Crippen LogP contribution is 2.19. The molecule has 3 N–H and O–H groups in total. The summed E-state index contributed by atoms with van der Waals surface area (Å²) < 4.78 is 5.62. The van der Waals surface area contributed by atoms with Gasteiger partial charge in [0, 0.05) is 30.9 Å². The number of nitrogens with two attached hydrogens (primary N) is 1. The van der Waals surface area contributed by atoms with Crippen molar-refractivity contribution in [2.45, 2.75) is 0 Å². The van der Waals surface area contributed by atoms with Crippen LogP contribution in [0.1, 0.15) is 10.4 Å². The van der Waals surface area contributed by atoms with E-state index in [4.69, 9.17) is 10.5 Å². The number of ether oxygens (including phenoxy) is 1. The number of nitrogens with one attached hydrogen (secondary N) is 1. The summed E-state index contributed by atoms with van der Waals surface area (Å²) in [4.78, 5) is 25.1. The van der Waals surface area contributed by atoms with Gasteiger partial charge >= 0.3 is 0 Å². The number of carbonyl (C=O) groups excluding carboxylic acids is 2. The molecule has 0 unspecified atom stereocenters. The third-order valence-corrected chi connectivity index (χ3v) is 3.09. The Kier molecular flexibility index (Phi) is 6.47. The number of nitrogen functional groups attached to an aromatic ring is 1. The number of hydrogen-bond acceptors (Lipinski definition) is 4. The SMILES string of the molecule is COCCNC(=O)CN(C)C(=O)c1ccc(Br)cc1N. The first kappa shape index (κ1) is 16.5. The first-order chi connectivity index (χ1) is 9.45. The van der Waals surface area contributed by atoms with Crippen LogP contribution in [0.3, 0.4) is 0 Å². The van der Waals surface area contributed by atoms with Crippen LogP contribution in [0.2, 0.25) is 0 Å². The molecule has 20 heavy (non-hydrogen) atoms. The van der Waals surface area contributed by atoms with Crippen LogP contribution >= 0.6 is 15.9 Å². The predicted molar refractivity (Wildman–Crippen MR) is 80.4 cm³/mol. The number of anilines is 1. The zero-order chi connectivity index (χ0) is 15.1. The van der Waals surface area contributed by atoms with Gasteiger partial charge in [0.15, 0.2) is 0 Å². The summed E-state index contributed by atoms with van der Waals surface area (Å²) in [7, 11) is 3.11. The summed E-state index contributed by atoms with van der Waals surface area (Å²) in [5, 5.41) is 2.65. The predicted octanol–water partition coefficient (Wildman–Crippen LogP) is 0.866. The van der Waals surface area contributed by atoms with E-state index in [9.17, 15) is 9.59 Å². The van der Waals surface area contributed by atoms with Gasteiger partial charge in [0.1, 0.15) is 0 Å². The highest BCUT2D eigenvalue weighted by Gasteiger charge is 2.17. The number of rotatable bonds is 6. The molecule has 0 radical (unpaired) electrons. The molecule has 0 heterocycles. The molecule has 0 aliphatic heterocycles. The van der Waals surface area contributed by atoms with Crippen molar-refractivity contribution in [2.24, 2.45) is 0 Å². The van der Waals surface area contributed by atoms with Crippen LogP contribution in [0, 0.1) is 0 Å². The summed E-state index contributed by atoms with van der Waals surface area (Å²) >= 11 is 3.28. The molecule has 1 aromatic carbocycles. The Morgan fingerprint density at radius 3 is 2.75 bits per heavy atom. The summed E-state index contributed by atoms with van der Waals surface area (Å²) in [5.74, 6) is -0.537. The van der Waals surface area contributed by atoms with Crippen LogP contribution in [0.15, 0.2) is 22.7 Å². The van der Waals surface area contributed by atoms with E-state index in [2.05, 4.69) is 21.2 Å². The maximum atomic E-state index is 12.2. The van der Waals surface area contributed by atoms with Gasteiger partial charge < -0.3 is 20.7 Å². The van der Waals surface area contributed by atoms with Gasteiger partial charge in [-0.1, -0.05) is 15.9 Å². The van der Waals surface area contributed by atoms with E-state index in [1.807, 2.05) is 0 Å². The van der Waals surface area contributed by atoms with Crippen molar-refractivity contribution in [3.63, 3.8) is 0 Å². The number of likely N-dealkylation sites (N-methyl/N-ethyl adjacent to an activating group) is 1. The second kappa shape index (κ2) is 7.86. The van der Waals surface area contributed by atoms with E-state index in [-0.39, 0.29) is 18.4 Å². The minimum absolute atomic E-state index is 0.0297. The van der Waals surface area contributed by atoms with Crippen LogP contribution in [0.5, 0.6) is 0 Å². The van der Waals surface area contributed by atoms with Crippen LogP contribution in [-0.2, 0) is 9.53 Å². The lowest BCUT2D eigenvalue weighted by atomic mass is 10.1. The van der Waals surface area contributed by atoms with Crippen molar-refractivity contribution < 1.29 is 14.3 Å². The highest BCUT2D eigenvalue weighted by atomic mass is 79.9. The van der Waals surface area contributed by atoms with E-state index in [1.165, 1.54) is 4.90 Å². The monoisotopic (exact) mass is 343 g/mol. The summed E-state index contributed by atoms with van der Waals surface area (Å²) in [6, 6.07) is 5.01. The number of hydrogen-bond donors (Lipinski definition) is 2. The molecule has 2 amide bonds. The number of halogens is 1. The lowest BCUT2D eigenvalue weighted by Gasteiger charge is -2.18. The summed E-state index contributed by atoms with van der Waals surface area (Å²) in [6.45, 7) is 0.818. The van der Waals surface area contributed by atoms with Gasteiger partial charge in [-0.05, 0) is 18.2 Å². The minimum atomic E-state index is -0.295. The topological polar surface area (TPSA) is 84.7 Å². The second-order valence-electron chi connectivity index (χ2n) is 4.24. The van der Waals surface area contributed by atoms with Crippen molar-refractivity contribution in [3.05, 3.63) is 28.2 Å². The Morgan fingerprint density at radius 1 is 1.45 bits per heavy atom. The number of carbonyl (C=O) groups is 2. The average molecular weight is 344 g/mol. The molecule has 0 bridgehead atoms. The molecule has 0 aliphatic carbocycles. The minimum Gasteiger partial charge on any atom is -0.398 e. The summed E-state index contributed by atoms with van der Waals surface area (Å²) in [6.07, 6.45) is 0. The number of methoxy groups -OCH3 is 1. The zero-order valence-electron chi connectivity index (χ0n) is 11.5. The van der Waals surface area contributed by atoms with Crippen molar-refractivity contribution in [1.29, 1.82) is 0 Å². The fourth-order valence-corrected chi connectivity index (χ4v) is 1.95. The van der Waals surface area contributed by atoms with E-state index < -0.39 is 0 Å². The number of nitrogens with zero attached hydrogens (tertiary/aromatic N) is 1. The Hall–Kier alpha value is -1.60. The molecule has 110 valence electrons. The van der Waals surface area contributed by atoms with Gasteiger partial charge in [-0.15, -0.1) is 0 Å². The normalized spacial score (nSPS) is 10.2. The number of amides is 2. The van der Waals surface area contributed by atoms with Gasteiger partial charge in [-0.3, -0.25) is 9.59 Å². The Labute approximate surface area is 126 Å². The van der Waals surface area contributed by atoms with Gasteiger partial charge in [-0.2, -0.15) is 0 Å². The van der Waals surface area contributed by atoms with Gasteiger partial charge in [0.2, 0.25) is 5.91 Å². The molecule has 1 aromatic rings. The Morgan fingerprint density at radius 2 is 2.15 bits per heavy atom. The standard InChI is InChI=1S/C13H18BrN3O3/c1-17(8-12(18)16-5-6-20-2)13(19)10-4-3-9(14)7-11(10)15/h3-4,7H,5-6,8,15H2,1-2H3,(H,16,18). The van der Waals surface area contributed by atoms with Crippen LogP contribution in [0.4, 0.5) is 5.69 Å². The molecular weight excluding hydrogens is 326 g/mol. The number of benzene rings is 1. The first-order valence-electron chi connectivity index (χ1n) is 6.02. The van der Waals surface area contributed by atoms with Gasteiger partial charge in [0.05, 0.1) is 18.7 Å². The molecule has 7 heteroatoms. The zero-order valence-corrected chi connectivity index (χ0v) is 13.1. The van der Waals surface area contributed by atoms with E-state index in [0.29, 0.717) is 24.4 Å². The molecule has 0 spiro atoms. The van der Waals surface area contributed by atoms with E-state index in [0.717, 1.165) is 4.47 Å². The van der Waals surface area contributed by atoms with Gasteiger partial charge in [0.25, 0.3) is 5.91 Å². The quantitative estimate of drug-likeness (QED) is 0.592. The lowest BCUT2D eigenvalue weighted by molar-refractivity contribution is -0.121. The third-order valence-electron chi connectivity index (χ3n) is 2.60. The fraction of sp³-hybridized carbons (Fsp3) is 0.385. The van der Waals surface area contributed by atoms with Crippen molar-refractivity contribution in [2.75, 3.05) is 39.6 Å². The largest absolute Gasteiger partial charge is 0.398 e. The molecule has 0 aliphatic rings. The van der Waals surface area contributed by atoms with Crippen molar-refractivity contribution >= 4 is 33.4 Å². The Bertz CT molecular complexity index is 494. The van der Waals surface area contributed by atoms with Crippen LogP contribution < -0.4 is 11.1 Å². The first-order valence-corrected chi connectivity index (χ1v) is 6.81. The molecule has 0 saturated heterocycles. The molecule has 0 atom stereocenters. The Balaban J connectivity index is 2.60. The van der Waals surface area contributed by atoms with E-state index in [1.54, 1.807) is 32.4 Å². The maximum Gasteiger partial charge on any atom is 0.256 e. The smallest absolute Gasteiger partial charge is 0.256 e. The molecular formula is C13H18BrN3O3. The molecule has 6 nitrogen and oxygen atoms in total. The maximum absolute atomic E-state index is 12.2. The second-order valence-corrected chi connectivity index (χ2v) is 5.15. The fourth-order valence-electron chi connectivity index (χ4n) is 1.57. The molecule has 1 rings (SSSR count). The summed E-state index contributed by atoms with van der Waals surface area (Å²) in [5.41, 5.74) is 6.54.